The summed E-state index contributed by atoms with van der Waals surface area (Å²) in [6, 6.07) is 10.1. The number of carbonyl (C=O) groups excluding carboxylic acids is 1. The molecule has 1 aromatic carbocycles. The van der Waals surface area contributed by atoms with Crippen LogP contribution in [0.5, 0.6) is 0 Å². The predicted molar refractivity (Wildman–Crippen MR) is 106 cm³/mol. The molecule has 0 bridgehead atoms. The highest BCUT2D eigenvalue weighted by molar-refractivity contribution is 14.0. The number of piperidine rings is 1. The van der Waals surface area contributed by atoms with E-state index in [4.69, 9.17) is 0 Å². The first-order valence-electron chi connectivity index (χ1n) is 8.06. The highest BCUT2D eigenvalue weighted by atomic mass is 127. The molecule has 1 aliphatic heterocycles. The maximum Gasteiger partial charge on any atom is 0.242 e. The van der Waals surface area contributed by atoms with Gasteiger partial charge in [-0.1, -0.05) is 18.2 Å². The summed E-state index contributed by atoms with van der Waals surface area (Å²) < 4.78 is 0. The second-order valence-electron chi connectivity index (χ2n) is 5.90. The zero-order chi connectivity index (χ0) is 15.8. The van der Waals surface area contributed by atoms with E-state index in [0.717, 1.165) is 24.7 Å². The molecule has 2 N–H and O–H groups in total. The standard InChI is InChI=1S/C17H26N4O.HI/c1-14(2)19-16(22)13-18-17(21-11-7-4-8-12-21)20-15-9-5-3-6-10-15;/h3,5-6,9-10,14H,4,7-8,11-13H2,1-2H3,(H,18,20)(H,19,22);1H. The van der Waals surface area contributed by atoms with Crippen LogP contribution in [0.3, 0.4) is 0 Å². The number of anilines is 1. The molecule has 1 amide bonds. The number of hydrogen-bond acceptors (Lipinski definition) is 2. The molecular formula is C17H27IN4O. The van der Waals surface area contributed by atoms with Crippen LogP contribution in [0, 0.1) is 0 Å². The van der Waals surface area contributed by atoms with Gasteiger partial charge in [0.05, 0.1) is 0 Å². The summed E-state index contributed by atoms with van der Waals surface area (Å²) in [6.45, 7) is 6.05. The average molecular weight is 430 g/mol. The van der Waals surface area contributed by atoms with Crippen molar-refractivity contribution in [1.82, 2.24) is 10.2 Å². The lowest BCUT2D eigenvalue weighted by molar-refractivity contribution is -0.120. The third-order valence-corrected chi connectivity index (χ3v) is 3.51. The van der Waals surface area contributed by atoms with Gasteiger partial charge in [-0.05, 0) is 45.2 Å². The molecule has 0 aromatic heterocycles. The molecule has 1 aliphatic rings. The Balaban J connectivity index is 0.00000264. The van der Waals surface area contributed by atoms with E-state index in [1.54, 1.807) is 0 Å². The number of halogens is 1. The molecule has 1 heterocycles. The number of rotatable bonds is 4. The van der Waals surface area contributed by atoms with Gasteiger partial charge in [-0.2, -0.15) is 0 Å². The molecule has 128 valence electrons. The van der Waals surface area contributed by atoms with Gasteiger partial charge in [-0.15, -0.1) is 24.0 Å². The van der Waals surface area contributed by atoms with E-state index in [-0.39, 0.29) is 42.5 Å². The van der Waals surface area contributed by atoms with Crippen molar-refractivity contribution in [3.05, 3.63) is 30.3 Å². The first-order valence-corrected chi connectivity index (χ1v) is 8.06. The zero-order valence-corrected chi connectivity index (χ0v) is 16.2. The number of benzene rings is 1. The topological polar surface area (TPSA) is 56.7 Å². The highest BCUT2D eigenvalue weighted by Gasteiger charge is 2.15. The molecule has 0 spiro atoms. The van der Waals surface area contributed by atoms with Crippen molar-refractivity contribution in [1.29, 1.82) is 0 Å². The summed E-state index contributed by atoms with van der Waals surface area (Å²) in [7, 11) is 0. The van der Waals surface area contributed by atoms with Crippen molar-refractivity contribution in [2.24, 2.45) is 4.99 Å². The van der Waals surface area contributed by atoms with Gasteiger partial charge in [0.2, 0.25) is 5.91 Å². The minimum Gasteiger partial charge on any atom is -0.352 e. The van der Waals surface area contributed by atoms with Gasteiger partial charge in [0, 0.05) is 24.8 Å². The van der Waals surface area contributed by atoms with Crippen molar-refractivity contribution in [2.45, 2.75) is 39.2 Å². The Morgan fingerprint density at radius 1 is 1.17 bits per heavy atom. The fourth-order valence-electron chi connectivity index (χ4n) is 2.49. The number of nitrogens with zero attached hydrogens (tertiary/aromatic N) is 2. The summed E-state index contributed by atoms with van der Waals surface area (Å²) in [5.41, 5.74) is 0.996. The van der Waals surface area contributed by atoms with Crippen molar-refractivity contribution >= 4 is 41.5 Å². The maximum atomic E-state index is 11.8. The summed E-state index contributed by atoms with van der Waals surface area (Å²) in [4.78, 5) is 18.6. The van der Waals surface area contributed by atoms with E-state index in [9.17, 15) is 4.79 Å². The Labute approximate surface area is 156 Å². The molecular weight excluding hydrogens is 403 g/mol. The number of carbonyl (C=O) groups is 1. The molecule has 1 aromatic rings. The van der Waals surface area contributed by atoms with Crippen LogP contribution < -0.4 is 10.6 Å². The monoisotopic (exact) mass is 430 g/mol. The average Bonchev–Trinajstić information content (AvgIpc) is 2.52. The van der Waals surface area contributed by atoms with Crippen LogP contribution >= 0.6 is 24.0 Å². The maximum absolute atomic E-state index is 11.8. The third kappa shape index (κ3) is 7.20. The molecule has 0 aliphatic carbocycles. The number of guanidine groups is 1. The number of hydrogen-bond donors (Lipinski definition) is 2. The van der Waals surface area contributed by atoms with E-state index >= 15 is 0 Å². The first kappa shape index (κ1) is 19.7. The second-order valence-corrected chi connectivity index (χ2v) is 5.90. The second kappa shape index (κ2) is 10.5. The van der Waals surface area contributed by atoms with Crippen LogP contribution in [0.2, 0.25) is 0 Å². The fraction of sp³-hybridized carbons (Fsp3) is 0.529. The minimum atomic E-state index is -0.0422. The van der Waals surface area contributed by atoms with Gasteiger partial charge in [0.15, 0.2) is 5.96 Å². The third-order valence-electron chi connectivity index (χ3n) is 3.51. The van der Waals surface area contributed by atoms with E-state index in [1.807, 2.05) is 44.2 Å². The molecule has 5 nitrogen and oxygen atoms in total. The summed E-state index contributed by atoms with van der Waals surface area (Å²) in [6.07, 6.45) is 3.62. The van der Waals surface area contributed by atoms with Crippen molar-refractivity contribution < 1.29 is 4.79 Å². The zero-order valence-electron chi connectivity index (χ0n) is 13.9. The number of likely N-dealkylation sites (tertiary alicyclic amines) is 1. The Morgan fingerprint density at radius 2 is 1.83 bits per heavy atom. The Kier molecular flexibility index (Phi) is 8.98. The smallest absolute Gasteiger partial charge is 0.242 e. The minimum absolute atomic E-state index is 0. The van der Waals surface area contributed by atoms with Crippen molar-refractivity contribution in [2.75, 3.05) is 25.0 Å². The van der Waals surface area contributed by atoms with Gasteiger partial charge >= 0.3 is 0 Å². The normalized spacial score (nSPS) is 15.1. The summed E-state index contributed by atoms with van der Waals surface area (Å²) >= 11 is 0. The van der Waals surface area contributed by atoms with Gasteiger partial charge in [-0.3, -0.25) is 4.79 Å². The van der Waals surface area contributed by atoms with Crippen LogP contribution in [0.1, 0.15) is 33.1 Å². The lowest BCUT2D eigenvalue weighted by atomic mass is 10.1. The Bertz CT molecular complexity index is 499. The predicted octanol–water partition coefficient (Wildman–Crippen LogP) is 3.08. The van der Waals surface area contributed by atoms with Crippen molar-refractivity contribution in [3.63, 3.8) is 0 Å². The largest absolute Gasteiger partial charge is 0.352 e. The fourth-order valence-corrected chi connectivity index (χ4v) is 2.49. The van der Waals surface area contributed by atoms with Crippen molar-refractivity contribution in [3.8, 4) is 0 Å². The lowest BCUT2D eigenvalue weighted by Gasteiger charge is -2.30. The lowest BCUT2D eigenvalue weighted by Crippen LogP contribution is -2.41. The summed E-state index contributed by atoms with van der Waals surface area (Å²) in [5.74, 6) is 0.754. The number of para-hydroxylation sites is 1. The first-order chi connectivity index (χ1) is 10.6. The van der Waals surface area contributed by atoms with Crippen LogP contribution in [0.15, 0.2) is 35.3 Å². The van der Waals surface area contributed by atoms with Crippen LogP contribution in [-0.4, -0.2) is 42.4 Å². The molecule has 0 atom stereocenters. The van der Waals surface area contributed by atoms with Crippen LogP contribution in [0.25, 0.3) is 0 Å². The van der Waals surface area contributed by atoms with E-state index in [2.05, 4.69) is 20.5 Å². The van der Waals surface area contributed by atoms with E-state index in [0.29, 0.717) is 0 Å². The Hall–Kier alpha value is -1.31. The van der Waals surface area contributed by atoms with Gasteiger partial charge in [-0.25, -0.2) is 4.99 Å². The van der Waals surface area contributed by atoms with Gasteiger partial charge in [0.25, 0.3) is 0 Å². The SMILES string of the molecule is CC(C)NC(=O)CN=C(Nc1ccccc1)N1CCCCC1.I. The van der Waals surface area contributed by atoms with E-state index in [1.165, 1.54) is 19.3 Å². The molecule has 0 saturated carbocycles. The van der Waals surface area contributed by atoms with Crippen LogP contribution in [-0.2, 0) is 4.79 Å². The molecule has 0 radical (unpaired) electrons. The quantitative estimate of drug-likeness (QED) is 0.439. The molecule has 23 heavy (non-hydrogen) atoms. The summed E-state index contributed by atoms with van der Waals surface area (Å²) in [5, 5.41) is 6.23. The van der Waals surface area contributed by atoms with Gasteiger partial charge in [0.1, 0.15) is 6.54 Å². The van der Waals surface area contributed by atoms with Gasteiger partial charge < -0.3 is 15.5 Å². The number of amides is 1. The molecule has 0 unspecified atom stereocenters. The number of aliphatic imine (C=N–C) groups is 1. The Morgan fingerprint density at radius 3 is 2.43 bits per heavy atom. The molecule has 1 fully saturated rings. The molecule has 1 saturated heterocycles. The van der Waals surface area contributed by atoms with E-state index < -0.39 is 0 Å². The molecule has 2 rings (SSSR count). The molecule has 6 heteroatoms. The van der Waals surface area contributed by atoms with Crippen LogP contribution in [0.4, 0.5) is 5.69 Å². The number of nitrogens with one attached hydrogen (secondary N) is 2. The highest BCUT2D eigenvalue weighted by Crippen LogP contribution is 2.12.